The molecule has 1 atom stereocenters. The van der Waals surface area contributed by atoms with Gasteiger partial charge < -0.3 is 5.11 Å². The van der Waals surface area contributed by atoms with Crippen LogP contribution in [0.5, 0.6) is 0 Å². The molecule has 9 heteroatoms. The number of sulfonamides is 1. The molecule has 1 aromatic carbocycles. The molecule has 0 amide bonds. The summed E-state index contributed by atoms with van der Waals surface area (Å²) in [5.41, 5.74) is -0.249. The number of para-hydroxylation sites is 1. The van der Waals surface area contributed by atoms with E-state index in [1.54, 1.807) is 0 Å². The molecule has 1 heterocycles. The first-order chi connectivity index (χ1) is 9.21. The quantitative estimate of drug-likeness (QED) is 0.825. The van der Waals surface area contributed by atoms with E-state index < -0.39 is 36.8 Å². The standard InChI is InChI=1S/C11H13NO6S2/c13-11(14)9-3-1-2-4-10(9)12-20(17,18)8-5-6-19(15,16)7-8/h1-4,8,12H,5-7H2,(H,13,14). The van der Waals surface area contributed by atoms with Gasteiger partial charge in [-0.3, -0.25) is 4.72 Å². The maximum Gasteiger partial charge on any atom is 0.337 e. The van der Waals surface area contributed by atoms with Gasteiger partial charge in [-0.05, 0) is 18.6 Å². The van der Waals surface area contributed by atoms with Crippen LogP contribution in [0.3, 0.4) is 0 Å². The van der Waals surface area contributed by atoms with Gasteiger partial charge in [0.2, 0.25) is 10.0 Å². The lowest BCUT2D eigenvalue weighted by Gasteiger charge is -2.14. The number of rotatable bonds is 4. The number of carboxylic acid groups (broad SMARTS) is 1. The number of anilines is 1. The van der Waals surface area contributed by atoms with Crippen LogP contribution in [0.15, 0.2) is 24.3 Å². The van der Waals surface area contributed by atoms with Crippen LogP contribution in [0.1, 0.15) is 16.8 Å². The van der Waals surface area contributed by atoms with Crippen molar-refractivity contribution in [2.45, 2.75) is 11.7 Å². The Morgan fingerprint density at radius 2 is 1.95 bits per heavy atom. The van der Waals surface area contributed by atoms with Crippen LogP contribution in [0, 0.1) is 0 Å². The molecular weight excluding hydrogens is 306 g/mol. The summed E-state index contributed by atoms with van der Waals surface area (Å²) in [6.45, 7) is 0. The summed E-state index contributed by atoms with van der Waals surface area (Å²) >= 11 is 0. The van der Waals surface area contributed by atoms with Crippen molar-refractivity contribution in [2.24, 2.45) is 0 Å². The lowest BCUT2D eigenvalue weighted by Crippen LogP contribution is -2.29. The van der Waals surface area contributed by atoms with Gasteiger partial charge in [0.05, 0.1) is 28.0 Å². The summed E-state index contributed by atoms with van der Waals surface area (Å²) in [5, 5.41) is 7.93. The van der Waals surface area contributed by atoms with Crippen molar-refractivity contribution >= 4 is 31.5 Å². The highest BCUT2D eigenvalue weighted by Crippen LogP contribution is 2.23. The van der Waals surface area contributed by atoms with Crippen LogP contribution in [0.25, 0.3) is 0 Å². The predicted molar refractivity (Wildman–Crippen MR) is 73.0 cm³/mol. The zero-order valence-electron chi connectivity index (χ0n) is 10.3. The number of hydrogen-bond donors (Lipinski definition) is 2. The Kier molecular flexibility index (Phi) is 3.74. The Bertz CT molecular complexity index is 738. The third kappa shape index (κ3) is 3.10. The van der Waals surface area contributed by atoms with Crippen LogP contribution < -0.4 is 4.72 Å². The first-order valence-corrected chi connectivity index (χ1v) is 9.12. The molecule has 2 N–H and O–H groups in total. The number of nitrogens with one attached hydrogen (secondary N) is 1. The first kappa shape index (κ1) is 14.8. The van der Waals surface area contributed by atoms with E-state index in [0.29, 0.717) is 0 Å². The highest BCUT2D eigenvalue weighted by atomic mass is 32.2. The number of hydrogen-bond acceptors (Lipinski definition) is 5. The second kappa shape index (κ2) is 5.06. The Morgan fingerprint density at radius 3 is 2.50 bits per heavy atom. The Morgan fingerprint density at radius 1 is 1.30 bits per heavy atom. The second-order valence-corrected chi connectivity index (χ2v) is 8.71. The minimum Gasteiger partial charge on any atom is -0.478 e. The van der Waals surface area contributed by atoms with Gasteiger partial charge in [-0.2, -0.15) is 0 Å². The van der Waals surface area contributed by atoms with Gasteiger partial charge in [0.25, 0.3) is 0 Å². The van der Waals surface area contributed by atoms with Gasteiger partial charge in [-0.25, -0.2) is 21.6 Å². The Hall–Kier alpha value is -1.61. The van der Waals surface area contributed by atoms with Crippen molar-refractivity contribution in [2.75, 3.05) is 16.2 Å². The molecule has 0 aliphatic carbocycles. The number of benzene rings is 1. The van der Waals surface area contributed by atoms with Crippen molar-refractivity contribution in [1.82, 2.24) is 0 Å². The third-order valence-electron chi connectivity index (χ3n) is 3.04. The number of carboxylic acids is 1. The average Bonchev–Trinajstić information content (AvgIpc) is 2.70. The van der Waals surface area contributed by atoms with E-state index in [1.165, 1.54) is 24.3 Å². The SMILES string of the molecule is O=C(O)c1ccccc1NS(=O)(=O)C1CCS(=O)(=O)C1. The van der Waals surface area contributed by atoms with Gasteiger partial charge in [-0.1, -0.05) is 12.1 Å². The van der Waals surface area contributed by atoms with Crippen molar-refractivity contribution < 1.29 is 26.7 Å². The summed E-state index contributed by atoms with van der Waals surface area (Å²) in [6, 6.07) is 5.56. The Labute approximate surface area is 116 Å². The smallest absolute Gasteiger partial charge is 0.337 e. The van der Waals surface area contributed by atoms with Crippen LogP contribution in [-0.4, -0.2) is 44.7 Å². The van der Waals surface area contributed by atoms with Gasteiger partial charge >= 0.3 is 5.97 Å². The molecule has 1 aromatic rings. The zero-order chi connectivity index (χ0) is 15.0. The topological polar surface area (TPSA) is 118 Å². The molecule has 110 valence electrons. The maximum absolute atomic E-state index is 12.1. The zero-order valence-corrected chi connectivity index (χ0v) is 11.9. The molecule has 1 fully saturated rings. The fraction of sp³-hybridized carbons (Fsp3) is 0.364. The van der Waals surface area contributed by atoms with Gasteiger partial charge in [0, 0.05) is 0 Å². The van der Waals surface area contributed by atoms with Crippen LogP contribution in [0.2, 0.25) is 0 Å². The summed E-state index contributed by atoms with van der Waals surface area (Å²) in [6.07, 6.45) is 0.0207. The molecule has 0 bridgehead atoms. The van der Waals surface area contributed by atoms with E-state index >= 15 is 0 Å². The highest BCUT2D eigenvalue weighted by molar-refractivity contribution is 7.97. The Balaban J connectivity index is 2.28. The molecule has 1 aliphatic rings. The lowest BCUT2D eigenvalue weighted by molar-refractivity contribution is 0.0698. The van der Waals surface area contributed by atoms with Crippen LogP contribution >= 0.6 is 0 Å². The largest absolute Gasteiger partial charge is 0.478 e. The number of carbonyl (C=O) groups is 1. The molecular formula is C11H13NO6S2. The first-order valence-electron chi connectivity index (χ1n) is 5.76. The van der Waals surface area contributed by atoms with Crippen molar-refractivity contribution in [3.8, 4) is 0 Å². The van der Waals surface area contributed by atoms with Crippen LogP contribution in [0.4, 0.5) is 5.69 Å². The van der Waals surface area contributed by atoms with E-state index in [2.05, 4.69) is 4.72 Å². The maximum atomic E-state index is 12.1. The van der Waals surface area contributed by atoms with E-state index in [0.717, 1.165) is 0 Å². The summed E-state index contributed by atoms with van der Waals surface area (Å²) in [5.74, 6) is -1.86. The molecule has 1 saturated heterocycles. The van der Waals surface area contributed by atoms with Gasteiger partial charge in [0.15, 0.2) is 9.84 Å². The minimum atomic E-state index is -3.93. The minimum absolute atomic E-state index is 0.0207. The molecule has 0 saturated carbocycles. The molecule has 7 nitrogen and oxygen atoms in total. The van der Waals surface area contributed by atoms with E-state index in [9.17, 15) is 21.6 Å². The summed E-state index contributed by atoms with van der Waals surface area (Å²) in [4.78, 5) is 11.0. The van der Waals surface area contributed by atoms with Gasteiger partial charge in [0.1, 0.15) is 0 Å². The van der Waals surface area contributed by atoms with E-state index in [4.69, 9.17) is 5.11 Å². The summed E-state index contributed by atoms with van der Waals surface area (Å²) < 4.78 is 49.0. The predicted octanol–water partition coefficient (Wildman–Crippen LogP) is 0.314. The number of sulfone groups is 1. The fourth-order valence-corrected chi connectivity index (χ4v) is 6.11. The molecule has 0 aromatic heterocycles. The fourth-order valence-electron chi connectivity index (χ4n) is 2.00. The molecule has 1 aliphatic heterocycles. The molecule has 20 heavy (non-hydrogen) atoms. The molecule has 2 rings (SSSR count). The van der Waals surface area contributed by atoms with Gasteiger partial charge in [-0.15, -0.1) is 0 Å². The molecule has 0 spiro atoms. The second-order valence-electron chi connectivity index (χ2n) is 4.52. The third-order valence-corrected chi connectivity index (χ3v) is 6.80. The number of aromatic carboxylic acids is 1. The van der Waals surface area contributed by atoms with Crippen molar-refractivity contribution in [1.29, 1.82) is 0 Å². The van der Waals surface area contributed by atoms with Crippen molar-refractivity contribution in [3.63, 3.8) is 0 Å². The molecule has 0 radical (unpaired) electrons. The van der Waals surface area contributed by atoms with Crippen LogP contribution in [-0.2, 0) is 19.9 Å². The summed E-state index contributed by atoms with van der Waals surface area (Å²) in [7, 11) is -7.27. The normalized spacial score (nSPS) is 21.5. The molecule has 1 unspecified atom stereocenters. The van der Waals surface area contributed by atoms with E-state index in [1.807, 2.05) is 0 Å². The van der Waals surface area contributed by atoms with Crippen molar-refractivity contribution in [3.05, 3.63) is 29.8 Å². The average molecular weight is 319 g/mol. The monoisotopic (exact) mass is 319 g/mol. The lowest BCUT2D eigenvalue weighted by atomic mass is 10.2. The highest BCUT2D eigenvalue weighted by Gasteiger charge is 2.37. The van der Waals surface area contributed by atoms with E-state index in [-0.39, 0.29) is 23.4 Å².